The van der Waals surface area contributed by atoms with E-state index in [0.29, 0.717) is 17.0 Å². The van der Waals surface area contributed by atoms with Gasteiger partial charge in [0.2, 0.25) is 5.12 Å². The normalized spacial score (nSPS) is 10.0. The lowest BCUT2D eigenvalue weighted by atomic mass is 10.2. The molecule has 7 nitrogen and oxygen atoms in total. The molecule has 2 rings (SSSR count). The number of amides is 2. The molecule has 0 saturated heterocycles. The van der Waals surface area contributed by atoms with Gasteiger partial charge in [-0.3, -0.25) is 10.2 Å². The van der Waals surface area contributed by atoms with E-state index in [4.69, 9.17) is 4.74 Å². The monoisotopic (exact) mass is 360 g/mol. The predicted octanol–water partition coefficient (Wildman–Crippen LogP) is 2.88. The Morgan fingerprint density at radius 2 is 1.80 bits per heavy atom. The number of carbonyl (C=O) groups excluding carboxylic acids is 2. The van der Waals surface area contributed by atoms with Crippen molar-refractivity contribution in [2.75, 3.05) is 31.4 Å². The van der Waals surface area contributed by atoms with Crippen LogP contribution in [0.25, 0.3) is 0 Å². The number of hydrogen-bond donors (Lipinski definition) is 3. The van der Waals surface area contributed by atoms with Gasteiger partial charge in [-0.05, 0) is 36.4 Å². The van der Waals surface area contributed by atoms with Crippen LogP contribution in [0.5, 0.6) is 5.75 Å². The Hall–Kier alpha value is -2.71. The molecule has 0 saturated carbocycles. The van der Waals surface area contributed by atoms with Gasteiger partial charge in [0.05, 0.1) is 7.11 Å². The molecule has 2 amide bonds. The van der Waals surface area contributed by atoms with Crippen molar-refractivity contribution in [3.63, 3.8) is 0 Å². The Labute approximate surface area is 150 Å². The van der Waals surface area contributed by atoms with Crippen molar-refractivity contribution in [3.8, 4) is 5.75 Å². The molecule has 25 heavy (non-hydrogen) atoms. The maximum Gasteiger partial charge on any atom is 0.334 e. The summed E-state index contributed by atoms with van der Waals surface area (Å²) in [7, 11) is 5.41. The van der Waals surface area contributed by atoms with Gasteiger partial charge in [-0.1, -0.05) is 6.07 Å². The van der Waals surface area contributed by atoms with Gasteiger partial charge in [-0.25, -0.2) is 4.79 Å². The van der Waals surface area contributed by atoms with E-state index in [1.807, 2.05) is 31.1 Å². The Morgan fingerprint density at radius 1 is 1.08 bits per heavy atom. The molecule has 132 valence electrons. The van der Waals surface area contributed by atoms with Crippen LogP contribution < -0.4 is 25.2 Å². The van der Waals surface area contributed by atoms with Crippen LogP contribution in [-0.4, -0.2) is 32.4 Å². The minimum absolute atomic E-state index is 0.202. The van der Waals surface area contributed by atoms with Crippen LogP contribution in [0.2, 0.25) is 0 Å². The highest BCUT2D eigenvalue weighted by molar-refractivity contribution is 8.12. The zero-order valence-corrected chi connectivity index (χ0v) is 15.0. The molecule has 2 aromatic rings. The SMILES string of the molecule is COc1cccc(NC(=O)NNSC(=O)c2ccc(N(C)C)cc2)c1. The molecule has 0 fully saturated rings. The first-order chi connectivity index (χ1) is 12.0. The molecule has 0 radical (unpaired) electrons. The molecule has 0 aliphatic heterocycles. The molecule has 0 aliphatic carbocycles. The van der Waals surface area contributed by atoms with Crippen molar-refractivity contribution in [2.24, 2.45) is 0 Å². The first-order valence-electron chi connectivity index (χ1n) is 7.44. The molecule has 3 N–H and O–H groups in total. The number of benzene rings is 2. The standard InChI is InChI=1S/C17H20N4O3S/c1-21(2)14-9-7-12(8-10-14)16(22)25-20-19-17(23)18-13-5-4-6-15(11-13)24-3/h4-11,20H,1-3H3,(H2,18,19,23). The Bertz CT molecular complexity index is 735. The minimum atomic E-state index is -0.489. The number of nitrogens with one attached hydrogen (secondary N) is 3. The number of hydrazine groups is 1. The zero-order chi connectivity index (χ0) is 18.2. The smallest absolute Gasteiger partial charge is 0.334 e. The summed E-state index contributed by atoms with van der Waals surface area (Å²) in [6.45, 7) is 0. The molecule has 0 spiro atoms. The van der Waals surface area contributed by atoms with Gasteiger partial charge in [0.15, 0.2) is 0 Å². The van der Waals surface area contributed by atoms with Crippen molar-refractivity contribution in [1.82, 2.24) is 10.3 Å². The summed E-state index contributed by atoms with van der Waals surface area (Å²) in [5, 5.41) is 2.43. The van der Waals surface area contributed by atoms with Crippen LogP contribution in [-0.2, 0) is 0 Å². The van der Waals surface area contributed by atoms with E-state index >= 15 is 0 Å². The second-order valence-corrected chi connectivity index (χ2v) is 6.02. The zero-order valence-electron chi connectivity index (χ0n) is 14.2. The van der Waals surface area contributed by atoms with E-state index in [1.54, 1.807) is 43.5 Å². The third-order valence-electron chi connectivity index (χ3n) is 3.26. The fourth-order valence-electron chi connectivity index (χ4n) is 1.94. The van der Waals surface area contributed by atoms with Gasteiger partial charge >= 0.3 is 6.03 Å². The van der Waals surface area contributed by atoms with Gasteiger partial charge in [-0.15, -0.1) is 0 Å². The summed E-state index contributed by atoms with van der Waals surface area (Å²) in [6.07, 6.45) is 0. The Balaban J connectivity index is 1.79. The van der Waals surface area contributed by atoms with E-state index in [1.165, 1.54) is 0 Å². The number of urea groups is 1. The largest absolute Gasteiger partial charge is 0.497 e. The van der Waals surface area contributed by atoms with Crippen LogP contribution in [0.1, 0.15) is 10.4 Å². The average molecular weight is 360 g/mol. The molecule has 2 aromatic carbocycles. The van der Waals surface area contributed by atoms with E-state index in [0.717, 1.165) is 17.6 Å². The molecule has 8 heteroatoms. The minimum Gasteiger partial charge on any atom is -0.497 e. The molecule has 0 aliphatic rings. The van der Waals surface area contributed by atoms with Gasteiger partial charge in [0, 0.05) is 49.0 Å². The molecular weight excluding hydrogens is 340 g/mol. The number of ether oxygens (including phenoxy) is 1. The highest BCUT2D eigenvalue weighted by Crippen LogP contribution is 2.17. The highest BCUT2D eigenvalue weighted by atomic mass is 32.2. The quantitative estimate of drug-likeness (QED) is 0.543. The van der Waals surface area contributed by atoms with Crippen molar-refractivity contribution >= 4 is 34.5 Å². The van der Waals surface area contributed by atoms with Crippen molar-refractivity contribution < 1.29 is 14.3 Å². The van der Waals surface area contributed by atoms with Crippen molar-refractivity contribution in [1.29, 1.82) is 0 Å². The van der Waals surface area contributed by atoms with Crippen LogP contribution in [0, 0.1) is 0 Å². The second-order valence-electron chi connectivity index (χ2n) is 5.24. The number of nitrogens with zero attached hydrogens (tertiary/aromatic N) is 1. The lowest BCUT2D eigenvalue weighted by Gasteiger charge is -2.12. The van der Waals surface area contributed by atoms with Crippen LogP contribution >= 0.6 is 11.9 Å². The van der Waals surface area contributed by atoms with E-state index in [-0.39, 0.29) is 5.12 Å². The predicted molar refractivity (Wildman–Crippen MR) is 101 cm³/mol. The first kappa shape index (κ1) is 18.6. The molecule has 0 atom stereocenters. The number of hydrogen-bond acceptors (Lipinski definition) is 6. The van der Waals surface area contributed by atoms with Gasteiger partial charge in [0.25, 0.3) is 0 Å². The van der Waals surface area contributed by atoms with Gasteiger partial charge < -0.3 is 15.0 Å². The van der Waals surface area contributed by atoms with Gasteiger partial charge in [-0.2, -0.15) is 4.83 Å². The van der Waals surface area contributed by atoms with Gasteiger partial charge in [0.1, 0.15) is 5.75 Å². The topological polar surface area (TPSA) is 82.7 Å². The number of rotatable bonds is 6. The molecule has 0 aromatic heterocycles. The lowest BCUT2D eigenvalue weighted by molar-refractivity contribution is 0.108. The first-order valence-corrected chi connectivity index (χ1v) is 8.26. The molecule has 0 unspecified atom stereocenters. The Morgan fingerprint density at radius 3 is 2.44 bits per heavy atom. The van der Waals surface area contributed by atoms with E-state index < -0.39 is 6.03 Å². The van der Waals surface area contributed by atoms with Crippen LogP contribution in [0.4, 0.5) is 16.2 Å². The highest BCUT2D eigenvalue weighted by Gasteiger charge is 2.08. The van der Waals surface area contributed by atoms with Crippen LogP contribution in [0.3, 0.4) is 0 Å². The summed E-state index contributed by atoms with van der Waals surface area (Å²) >= 11 is 0.791. The average Bonchev–Trinajstić information content (AvgIpc) is 2.61. The summed E-state index contributed by atoms with van der Waals surface area (Å²) in [4.78, 5) is 28.3. The maximum absolute atomic E-state index is 12.0. The van der Waals surface area contributed by atoms with E-state index in [2.05, 4.69) is 15.6 Å². The third kappa shape index (κ3) is 5.70. The number of methoxy groups -OCH3 is 1. The fourth-order valence-corrected chi connectivity index (χ4v) is 2.43. The number of carbonyl (C=O) groups is 2. The van der Waals surface area contributed by atoms with Crippen molar-refractivity contribution in [2.45, 2.75) is 0 Å². The van der Waals surface area contributed by atoms with Crippen molar-refractivity contribution in [3.05, 3.63) is 54.1 Å². The molecule has 0 bridgehead atoms. The van der Waals surface area contributed by atoms with E-state index in [9.17, 15) is 9.59 Å². The fraction of sp³-hybridized carbons (Fsp3) is 0.176. The summed E-state index contributed by atoms with van der Waals surface area (Å²) < 4.78 is 5.08. The summed E-state index contributed by atoms with van der Waals surface area (Å²) in [5.74, 6) is 0.636. The summed E-state index contributed by atoms with van der Waals surface area (Å²) in [5.41, 5.74) is 4.51. The third-order valence-corrected chi connectivity index (χ3v) is 3.88. The number of anilines is 2. The van der Waals surface area contributed by atoms with Crippen LogP contribution in [0.15, 0.2) is 48.5 Å². The lowest BCUT2D eigenvalue weighted by Crippen LogP contribution is -2.37. The Kier molecular flexibility index (Phi) is 6.67. The second kappa shape index (κ2) is 8.95. The maximum atomic E-state index is 12.0. The summed E-state index contributed by atoms with van der Waals surface area (Å²) in [6, 6.07) is 13.7. The molecule has 0 heterocycles. The molecular formula is C17H20N4O3S.